The molecule has 0 bridgehead atoms. The van der Waals surface area contributed by atoms with Crippen LogP contribution >= 0.6 is 0 Å². The molecule has 0 spiro atoms. The van der Waals surface area contributed by atoms with Gasteiger partial charge in [0, 0.05) is 24.7 Å². The number of nitrogens with two attached hydrogens (primary N) is 1. The maximum absolute atomic E-state index is 13.6. The molecule has 0 unspecified atom stereocenters. The Morgan fingerprint density at radius 2 is 2.03 bits per heavy atom. The van der Waals surface area contributed by atoms with Gasteiger partial charge in [-0.05, 0) is 31.0 Å². The number of nitrogens with zero attached hydrogens (tertiary/aromatic N) is 1. The number of rotatable bonds is 6. The zero-order valence-electron chi connectivity index (χ0n) is 15.4. The lowest BCUT2D eigenvalue weighted by atomic mass is 10.1. The maximum atomic E-state index is 13.6. The molecule has 1 aromatic carbocycles. The number of ether oxygens (including phenoxy) is 1. The second kappa shape index (κ2) is 8.37. The van der Waals surface area contributed by atoms with Crippen molar-refractivity contribution in [2.75, 3.05) is 36.5 Å². The lowest BCUT2D eigenvalue weighted by molar-refractivity contribution is -0.137. The number of hydrogen-bond acceptors (Lipinski definition) is 5. The first-order chi connectivity index (χ1) is 13.7. The highest BCUT2D eigenvalue weighted by Gasteiger charge is 2.36. The van der Waals surface area contributed by atoms with E-state index in [1.807, 2.05) is 0 Å². The Balaban J connectivity index is 1.80. The fourth-order valence-corrected chi connectivity index (χ4v) is 2.92. The molecular weight excluding hydrogens is 393 g/mol. The molecule has 8 nitrogen and oxygen atoms in total. The molecule has 3 rings (SSSR count). The normalized spacial score (nSPS) is 18.3. The van der Waals surface area contributed by atoms with E-state index in [1.165, 1.54) is 11.0 Å². The van der Waals surface area contributed by atoms with Crippen LogP contribution in [0.25, 0.3) is 0 Å². The molecule has 1 atom stereocenters. The fraction of sp³-hybridized carbons (Fsp3) is 0.500. The predicted molar refractivity (Wildman–Crippen MR) is 97.0 cm³/mol. The molecule has 1 saturated carbocycles. The molecule has 29 heavy (non-hydrogen) atoms. The maximum Gasteiger partial charge on any atom is 0.418 e. The lowest BCUT2D eigenvalue weighted by Crippen LogP contribution is -2.49. The average molecular weight is 414 g/mol. The van der Waals surface area contributed by atoms with Crippen molar-refractivity contribution in [2.45, 2.75) is 25.1 Å². The van der Waals surface area contributed by atoms with Gasteiger partial charge in [-0.1, -0.05) is 0 Å². The Bertz CT molecular complexity index is 811. The summed E-state index contributed by atoms with van der Waals surface area (Å²) >= 11 is 0. The average Bonchev–Trinajstić information content (AvgIpc) is 3.51. The van der Waals surface area contributed by atoms with Crippen molar-refractivity contribution >= 4 is 29.1 Å². The standard InChI is InChI=1S/C18H21F3N4O4/c19-18(20,21)12-7-11(25-5-6-29-9-15(25)26)3-4-13(12)23-17(28)14(8-22)24-16(27)10-1-2-10/h3-4,7,10,14H,1-2,5-6,8-9,22H2,(H,23,28)(H,24,27)/t14-/m0/s1. The van der Waals surface area contributed by atoms with Crippen LogP contribution in [0.1, 0.15) is 18.4 Å². The highest BCUT2D eigenvalue weighted by atomic mass is 19.4. The molecule has 0 radical (unpaired) electrons. The molecule has 3 amide bonds. The summed E-state index contributed by atoms with van der Waals surface area (Å²) in [7, 11) is 0. The monoisotopic (exact) mass is 414 g/mol. The van der Waals surface area contributed by atoms with Crippen LogP contribution in [-0.4, -0.2) is 50.1 Å². The minimum Gasteiger partial charge on any atom is -0.370 e. The molecular formula is C18H21F3N4O4. The van der Waals surface area contributed by atoms with Gasteiger partial charge in [0.15, 0.2) is 0 Å². The van der Waals surface area contributed by atoms with Crippen molar-refractivity contribution in [1.82, 2.24) is 5.32 Å². The van der Waals surface area contributed by atoms with Gasteiger partial charge in [-0.15, -0.1) is 0 Å². The number of anilines is 2. The number of halogens is 3. The molecule has 1 aromatic rings. The summed E-state index contributed by atoms with van der Waals surface area (Å²) in [6.45, 7) is -0.126. The molecule has 1 heterocycles. The van der Waals surface area contributed by atoms with Crippen molar-refractivity contribution in [2.24, 2.45) is 11.7 Å². The highest BCUT2D eigenvalue weighted by molar-refractivity contribution is 5.99. The minimum absolute atomic E-state index is 0.0565. The summed E-state index contributed by atoms with van der Waals surface area (Å²) in [6, 6.07) is 2.05. The topological polar surface area (TPSA) is 114 Å². The van der Waals surface area contributed by atoms with Crippen molar-refractivity contribution in [1.29, 1.82) is 0 Å². The number of benzene rings is 1. The zero-order valence-corrected chi connectivity index (χ0v) is 15.4. The second-order valence-corrected chi connectivity index (χ2v) is 6.89. The van der Waals surface area contributed by atoms with E-state index in [0.717, 1.165) is 12.1 Å². The second-order valence-electron chi connectivity index (χ2n) is 6.89. The van der Waals surface area contributed by atoms with Crippen LogP contribution in [-0.2, 0) is 25.3 Å². The number of amides is 3. The van der Waals surface area contributed by atoms with Gasteiger partial charge in [0.25, 0.3) is 5.91 Å². The van der Waals surface area contributed by atoms with Crippen molar-refractivity contribution in [3.63, 3.8) is 0 Å². The van der Waals surface area contributed by atoms with E-state index in [1.54, 1.807) is 0 Å². The van der Waals surface area contributed by atoms with E-state index in [0.29, 0.717) is 12.8 Å². The third kappa shape index (κ3) is 5.04. The Hall–Kier alpha value is -2.66. The van der Waals surface area contributed by atoms with Gasteiger partial charge in [0.05, 0.1) is 17.9 Å². The van der Waals surface area contributed by atoms with Gasteiger partial charge < -0.3 is 26.0 Å². The van der Waals surface area contributed by atoms with Crippen LogP contribution in [0.15, 0.2) is 18.2 Å². The Morgan fingerprint density at radius 3 is 2.62 bits per heavy atom. The summed E-state index contributed by atoms with van der Waals surface area (Å²) < 4.78 is 45.7. The molecule has 1 saturated heterocycles. The quantitative estimate of drug-likeness (QED) is 0.639. The SMILES string of the molecule is NC[C@H](NC(=O)C1CC1)C(=O)Nc1ccc(N2CCOCC2=O)cc1C(F)(F)F. The summed E-state index contributed by atoms with van der Waals surface area (Å²) in [5, 5.41) is 4.64. The Labute approximate surface area is 164 Å². The van der Waals surface area contributed by atoms with E-state index in [4.69, 9.17) is 10.5 Å². The van der Waals surface area contributed by atoms with E-state index in [2.05, 4.69) is 10.6 Å². The summed E-state index contributed by atoms with van der Waals surface area (Å²) in [6.07, 6.45) is -3.35. The van der Waals surface area contributed by atoms with Gasteiger partial charge >= 0.3 is 6.18 Å². The molecule has 4 N–H and O–H groups in total. The van der Waals surface area contributed by atoms with Gasteiger partial charge in [-0.3, -0.25) is 14.4 Å². The van der Waals surface area contributed by atoms with E-state index >= 15 is 0 Å². The lowest BCUT2D eigenvalue weighted by Gasteiger charge is -2.28. The van der Waals surface area contributed by atoms with Crippen LogP contribution in [0.2, 0.25) is 0 Å². The number of carbonyl (C=O) groups is 3. The molecule has 1 aliphatic heterocycles. The largest absolute Gasteiger partial charge is 0.418 e. The number of nitrogens with one attached hydrogen (secondary N) is 2. The van der Waals surface area contributed by atoms with Crippen LogP contribution in [0.3, 0.4) is 0 Å². The third-order valence-electron chi connectivity index (χ3n) is 4.68. The predicted octanol–water partition coefficient (Wildman–Crippen LogP) is 0.861. The third-order valence-corrected chi connectivity index (χ3v) is 4.68. The first-order valence-corrected chi connectivity index (χ1v) is 9.11. The van der Waals surface area contributed by atoms with Gasteiger partial charge in [-0.25, -0.2) is 0 Å². The molecule has 11 heteroatoms. The van der Waals surface area contributed by atoms with Crippen LogP contribution in [0.4, 0.5) is 24.5 Å². The van der Waals surface area contributed by atoms with Crippen LogP contribution in [0.5, 0.6) is 0 Å². The number of hydrogen-bond donors (Lipinski definition) is 3. The van der Waals surface area contributed by atoms with Crippen molar-refractivity contribution in [3.8, 4) is 0 Å². The summed E-state index contributed by atoms with van der Waals surface area (Å²) in [5.41, 5.74) is 3.97. The summed E-state index contributed by atoms with van der Waals surface area (Å²) in [4.78, 5) is 37.3. The minimum atomic E-state index is -4.77. The highest BCUT2D eigenvalue weighted by Crippen LogP contribution is 2.37. The fourth-order valence-electron chi connectivity index (χ4n) is 2.92. The van der Waals surface area contributed by atoms with Gasteiger partial charge in [0.1, 0.15) is 12.6 Å². The number of morpholine rings is 1. The van der Waals surface area contributed by atoms with Crippen molar-refractivity contribution < 1.29 is 32.3 Å². The van der Waals surface area contributed by atoms with E-state index < -0.39 is 35.3 Å². The molecule has 158 valence electrons. The first-order valence-electron chi connectivity index (χ1n) is 9.11. The van der Waals surface area contributed by atoms with Crippen LogP contribution < -0.4 is 21.3 Å². The summed E-state index contributed by atoms with van der Waals surface area (Å²) in [5.74, 6) is -1.81. The molecule has 0 aromatic heterocycles. The molecule has 2 aliphatic rings. The first kappa shape index (κ1) is 21.1. The van der Waals surface area contributed by atoms with Gasteiger partial charge in [-0.2, -0.15) is 13.2 Å². The van der Waals surface area contributed by atoms with Crippen LogP contribution in [0, 0.1) is 5.92 Å². The van der Waals surface area contributed by atoms with E-state index in [-0.39, 0.29) is 43.8 Å². The van der Waals surface area contributed by atoms with E-state index in [9.17, 15) is 27.6 Å². The number of alkyl halides is 3. The Kier molecular flexibility index (Phi) is 6.08. The van der Waals surface area contributed by atoms with Crippen molar-refractivity contribution in [3.05, 3.63) is 23.8 Å². The number of carbonyl (C=O) groups excluding carboxylic acids is 3. The zero-order chi connectivity index (χ0) is 21.2. The smallest absolute Gasteiger partial charge is 0.370 e. The molecule has 2 fully saturated rings. The Morgan fingerprint density at radius 1 is 1.31 bits per heavy atom. The van der Waals surface area contributed by atoms with Gasteiger partial charge in [0.2, 0.25) is 11.8 Å². The molecule has 1 aliphatic carbocycles.